The van der Waals surface area contributed by atoms with Gasteiger partial charge in [-0.2, -0.15) is 0 Å². The number of aromatic nitrogens is 3. The van der Waals surface area contributed by atoms with Gasteiger partial charge in [-0.3, -0.25) is 0 Å². The Balaban J connectivity index is 0.905. The van der Waals surface area contributed by atoms with E-state index in [9.17, 15) is 11.0 Å². The molecule has 2 aliphatic rings. The highest BCUT2D eigenvalue weighted by atomic mass is 16.3. The van der Waals surface area contributed by atoms with Gasteiger partial charge >= 0.3 is 0 Å². The smallest absolute Gasteiger partial charge is 0.252 e. The zero-order valence-electron chi connectivity index (χ0n) is 87.6. The summed E-state index contributed by atoms with van der Waals surface area (Å²) in [4.78, 5) is 4.72. The Hall–Kier alpha value is -13.0. The first kappa shape index (κ1) is 73.8. The van der Waals surface area contributed by atoms with E-state index in [4.69, 9.17) is 8.83 Å². The topological polar surface area (TPSA) is 47.6 Å². The van der Waals surface area contributed by atoms with E-state index in [1.165, 1.54) is 44.5 Å². The quantitative estimate of drug-likeness (QED) is 0.149. The largest absolute Gasteiger partial charge is 0.452 e. The molecule has 0 saturated carbocycles. The first-order valence-electron chi connectivity index (χ1n) is 50.3. The molecule has 0 atom stereocenters. The molecular weight excluding hydrogens is 1580 g/mol. The zero-order valence-corrected chi connectivity index (χ0v) is 79.6. The summed E-state index contributed by atoms with van der Waals surface area (Å²) in [7, 11) is 0. The third kappa shape index (κ3) is 13.0. The van der Waals surface area contributed by atoms with Gasteiger partial charge in [0.1, 0.15) is 0 Å². The predicted octanol–water partition coefficient (Wildman–Crippen LogP) is 32.6. The highest BCUT2D eigenvalue weighted by Crippen LogP contribution is 2.54. The summed E-state index contributed by atoms with van der Waals surface area (Å²) < 4.78 is 102. The maximum Gasteiger partial charge on any atom is 0.252 e. The minimum absolute atomic E-state index is 0.00831. The third-order valence-electron chi connectivity index (χ3n) is 28.3. The van der Waals surface area contributed by atoms with Crippen molar-refractivity contribution in [2.24, 2.45) is 0 Å². The molecule has 2 aliphatic heterocycles. The highest BCUT2D eigenvalue weighted by molar-refractivity contribution is 7.00. The molecule has 0 unspecified atom stereocenters. The maximum atomic E-state index is 10.4. The van der Waals surface area contributed by atoms with Crippen LogP contribution in [0.15, 0.2) is 288 Å². The summed E-state index contributed by atoms with van der Waals surface area (Å²) in [6.45, 7) is 54.1. The normalized spacial score (nSPS) is 14.7. The monoisotopic (exact) mass is 1700 g/mol. The lowest BCUT2D eigenvalue weighted by Crippen LogP contribution is -2.61. The lowest BCUT2D eigenvalue weighted by Gasteiger charge is -2.44. The van der Waals surface area contributed by atoms with Crippen LogP contribution >= 0.6 is 0 Å². The second kappa shape index (κ2) is 28.2. The van der Waals surface area contributed by atoms with Gasteiger partial charge in [0, 0.05) is 76.6 Å². The molecule has 7 heterocycles. The fourth-order valence-electron chi connectivity index (χ4n) is 20.7. The average molecular weight is 1710 g/mol. The molecule has 130 heavy (non-hydrogen) atoms. The Morgan fingerprint density at radius 2 is 0.515 bits per heavy atom. The van der Waals surface area contributed by atoms with Crippen LogP contribution in [0.4, 0.5) is 34.1 Å². The Kier molecular flexibility index (Phi) is 16.0. The van der Waals surface area contributed by atoms with Crippen LogP contribution in [-0.4, -0.2) is 20.4 Å². The van der Waals surface area contributed by atoms with Crippen LogP contribution in [0.1, 0.15) is 222 Å². The number of para-hydroxylation sites is 6. The summed E-state index contributed by atoms with van der Waals surface area (Å²) in [5, 5.41) is 8.08. The summed E-state index contributed by atoms with van der Waals surface area (Å²) in [6, 6.07) is 82.2. The van der Waals surface area contributed by atoms with Crippen LogP contribution in [0.2, 0.25) is 0 Å². The minimum Gasteiger partial charge on any atom is -0.452 e. The van der Waals surface area contributed by atoms with Crippen molar-refractivity contribution in [3.8, 4) is 39.3 Å². The van der Waals surface area contributed by atoms with E-state index in [0.717, 1.165) is 127 Å². The van der Waals surface area contributed by atoms with E-state index in [-0.39, 0.29) is 65.1 Å². The molecule has 0 bridgehead atoms. The Morgan fingerprint density at radius 3 is 0.823 bits per heavy atom. The standard InChI is InChI=1S/C122H118BN5O2/c1-115(2,3)75-47-53-98-90(65-75)91-66-76(116(4,5)6)48-54-99(91)125(98)102-41-29-35-86-88-37-31-43-104(113(88)129-111(86)102)127-106-61-71(73-57-79(119(13,14)15)63-80(58-73)120(16,17)18)45-51-94(106)123-95-52-46-72(74-59-81(121(19,20)21)64-82(60-74)122(22,23)24)62-107(95)128(109-70-83(69-108(127)110(109)123)124-96-39-27-25-33-84(96)85-34-26-28-40-97(85)124)105-44-32-38-89-87-36-30-42-103(112(87)130-114(89)105)126-100-55-49-77(117(7,8)9)67-92(100)93-68-78(118(10,11)12)50-56-101(93)126/h25-70H,1-24H3/i25D,26D,27D,28D,33D,34D,39D,40D. The van der Waals surface area contributed by atoms with Gasteiger partial charge in [-0.05, 0) is 236 Å². The van der Waals surface area contributed by atoms with Crippen molar-refractivity contribution in [1.29, 1.82) is 0 Å². The predicted molar refractivity (Wildman–Crippen MR) is 559 cm³/mol. The molecule has 0 N–H and O–H groups in total. The van der Waals surface area contributed by atoms with Crippen LogP contribution in [-0.2, 0) is 43.3 Å². The van der Waals surface area contributed by atoms with Crippen molar-refractivity contribution >= 4 is 167 Å². The van der Waals surface area contributed by atoms with Gasteiger partial charge in [0.15, 0.2) is 22.3 Å². The molecule has 7 nitrogen and oxygen atoms in total. The Bertz CT molecular complexity index is 8030. The molecular formula is C122H118BN5O2. The van der Waals surface area contributed by atoms with E-state index >= 15 is 0 Å². The Morgan fingerprint density at radius 1 is 0.223 bits per heavy atom. The van der Waals surface area contributed by atoms with E-state index in [1.54, 1.807) is 4.57 Å². The molecule has 0 saturated heterocycles. The van der Waals surface area contributed by atoms with Gasteiger partial charge in [-0.15, -0.1) is 0 Å². The summed E-state index contributed by atoms with van der Waals surface area (Å²) in [6.07, 6.45) is 0. The van der Waals surface area contributed by atoms with Gasteiger partial charge in [0.05, 0.1) is 72.5 Å². The second-order valence-corrected chi connectivity index (χ2v) is 45.3. The van der Waals surface area contributed by atoms with E-state index < -0.39 is 55.1 Å². The third-order valence-corrected chi connectivity index (χ3v) is 28.3. The number of nitrogens with zero attached hydrogens (tertiary/aromatic N) is 5. The molecule has 0 spiro atoms. The van der Waals surface area contributed by atoms with Crippen LogP contribution in [0.25, 0.3) is 149 Å². The maximum absolute atomic E-state index is 10.4. The van der Waals surface area contributed by atoms with Crippen LogP contribution < -0.4 is 26.2 Å². The zero-order chi connectivity index (χ0) is 97.8. The summed E-state index contributed by atoms with van der Waals surface area (Å²) in [5.41, 5.74) is 28.4. The van der Waals surface area contributed by atoms with E-state index in [2.05, 4.69) is 416 Å². The molecule has 5 aromatic heterocycles. The van der Waals surface area contributed by atoms with Crippen molar-refractivity contribution in [2.45, 2.75) is 209 Å². The highest BCUT2D eigenvalue weighted by Gasteiger charge is 2.46. The number of furan rings is 2. The fraction of sp³-hybridized carbons (Fsp3) is 0.262. The molecule has 0 fully saturated rings. The van der Waals surface area contributed by atoms with Crippen molar-refractivity contribution in [3.63, 3.8) is 0 Å². The van der Waals surface area contributed by atoms with Gasteiger partial charge < -0.3 is 32.3 Å². The molecule has 20 aromatic rings. The molecule has 22 rings (SSSR count). The number of fused-ring (bicyclic) bond motifs is 19. The molecule has 0 radical (unpaired) electrons. The van der Waals surface area contributed by atoms with Crippen molar-refractivity contribution in [1.82, 2.24) is 13.7 Å². The van der Waals surface area contributed by atoms with Gasteiger partial charge in [-0.1, -0.05) is 336 Å². The molecule has 8 heteroatoms. The van der Waals surface area contributed by atoms with Crippen molar-refractivity contribution in [3.05, 3.63) is 323 Å². The number of hydrogen-bond donors (Lipinski definition) is 0. The number of hydrogen-bond acceptors (Lipinski definition) is 4. The minimum atomic E-state index is -0.571. The molecule has 0 amide bonds. The van der Waals surface area contributed by atoms with Gasteiger partial charge in [-0.25, -0.2) is 0 Å². The molecule has 15 aromatic carbocycles. The lowest BCUT2D eigenvalue weighted by atomic mass is 9.33. The lowest BCUT2D eigenvalue weighted by molar-refractivity contribution is 0.568. The van der Waals surface area contributed by atoms with E-state index in [0.29, 0.717) is 50.8 Å². The SMILES string of the molecule is [2H]c1c([2H])c([2H])c2c(c1[2H])c1c([2H])c([2H])c([2H])c([2H])c1n2-c1cc2c3c(c1)N(c1cccc4c1oc1c(-n5c6ccc(C(C)(C)C)cc6c6cc(C(C)(C)C)ccc65)cccc14)c1cc(-c4cc(C(C)(C)C)cc(C(C)(C)C)c4)ccc1B3c1ccc(-c3cc(C(C)(C)C)cc(C(C)(C)C)c3)cc1N2c1cccc2c1oc1c(-n3c4ccc(C(C)(C)C)cc4c4cc(C(C)(C)C)ccc43)cccc12. The summed E-state index contributed by atoms with van der Waals surface area (Å²) in [5.74, 6) is 0. The van der Waals surface area contributed by atoms with Crippen molar-refractivity contribution < 1.29 is 19.8 Å². The van der Waals surface area contributed by atoms with Gasteiger partial charge in [0.25, 0.3) is 6.71 Å². The van der Waals surface area contributed by atoms with Crippen molar-refractivity contribution in [2.75, 3.05) is 9.80 Å². The summed E-state index contributed by atoms with van der Waals surface area (Å²) >= 11 is 0. The molecule has 0 aliphatic carbocycles. The number of benzene rings is 15. The first-order valence-corrected chi connectivity index (χ1v) is 46.3. The van der Waals surface area contributed by atoms with Crippen LogP contribution in [0.5, 0.6) is 0 Å². The fourth-order valence-corrected chi connectivity index (χ4v) is 20.7. The van der Waals surface area contributed by atoms with Crippen LogP contribution in [0.3, 0.4) is 0 Å². The van der Waals surface area contributed by atoms with Crippen LogP contribution in [0, 0.1) is 0 Å². The van der Waals surface area contributed by atoms with E-state index in [1.807, 2.05) is 0 Å². The Labute approximate surface area is 777 Å². The molecule has 646 valence electrons. The van der Waals surface area contributed by atoms with Gasteiger partial charge in [0.2, 0.25) is 0 Å². The number of anilines is 6. The second-order valence-electron chi connectivity index (χ2n) is 45.3. The number of rotatable bonds is 7. The average Bonchev–Trinajstić information content (AvgIpc) is 1.41. The first-order chi connectivity index (χ1) is 64.8.